The lowest BCUT2D eigenvalue weighted by Gasteiger charge is -2.44. The number of nitrogens with zero attached hydrogens (tertiary/aromatic N) is 1. The number of carbonyl (C=O) groups is 4. The van der Waals surface area contributed by atoms with Crippen LogP contribution in [0.15, 0.2) is 18.2 Å². The van der Waals surface area contributed by atoms with E-state index in [1.807, 2.05) is 66.7 Å². The van der Waals surface area contributed by atoms with Crippen molar-refractivity contribution in [3.8, 4) is 0 Å². The first kappa shape index (κ1) is 32.9. The number of hydrogen-bond donors (Lipinski definition) is 2. The molecule has 2 N–H and O–H groups in total. The van der Waals surface area contributed by atoms with Gasteiger partial charge < -0.3 is 25.0 Å². The summed E-state index contributed by atoms with van der Waals surface area (Å²) in [5, 5.41) is 5.54. The van der Waals surface area contributed by atoms with Crippen molar-refractivity contribution in [2.24, 2.45) is 5.92 Å². The van der Waals surface area contributed by atoms with Gasteiger partial charge in [-0.3, -0.25) is 14.4 Å². The first-order chi connectivity index (χ1) is 17.4. The van der Waals surface area contributed by atoms with Crippen molar-refractivity contribution in [3.05, 3.63) is 34.9 Å². The molecule has 0 heterocycles. The summed E-state index contributed by atoms with van der Waals surface area (Å²) in [6.45, 7) is 20.3. The van der Waals surface area contributed by atoms with Crippen LogP contribution < -0.4 is 10.6 Å². The summed E-state index contributed by atoms with van der Waals surface area (Å²) >= 11 is 0. The third-order valence-electron chi connectivity index (χ3n) is 5.73. The van der Waals surface area contributed by atoms with Gasteiger partial charge in [-0.2, -0.15) is 0 Å². The van der Waals surface area contributed by atoms with Gasteiger partial charge in [-0.05, 0) is 79.4 Å². The molecule has 0 aliphatic rings. The van der Waals surface area contributed by atoms with E-state index in [1.165, 1.54) is 4.90 Å². The first-order valence-electron chi connectivity index (χ1n) is 13.2. The average molecular weight is 534 g/mol. The highest BCUT2D eigenvalue weighted by Crippen LogP contribution is 2.33. The minimum absolute atomic E-state index is 0.0114. The van der Waals surface area contributed by atoms with Crippen LogP contribution >= 0.6 is 0 Å². The predicted octanol–water partition coefficient (Wildman–Crippen LogP) is 4.59. The lowest BCUT2D eigenvalue weighted by molar-refractivity contribution is -0.149. The van der Waals surface area contributed by atoms with E-state index in [1.54, 1.807) is 27.7 Å². The fourth-order valence-electron chi connectivity index (χ4n) is 4.09. The molecule has 3 amide bonds. The maximum Gasteiger partial charge on any atom is 0.408 e. The zero-order valence-corrected chi connectivity index (χ0v) is 25.0. The molecule has 214 valence electrons. The molecule has 0 spiro atoms. The highest BCUT2D eigenvalue weighted by Gasteiger charge is 2.43. The molecule has 0 aromatic heterocycles. The fraction of sp³-hybridized carbons (Fsp3) is 0.655. The summed E-state index contributed by atoms with van der Waals surface area (Å²) in [6.07, 6.45) is -0.697. The standard InChI is InChI=1S/C29H47N3O6/c1-12-37-22(33)15-16-30-25(34)24(21-14-13-19(4)17-20(21)5)32(28(6,7)8)26(35)23(18(2)3)31-27(36)38-29(9,10)11/h13-14,17-18,23-24H,12,15-16H2,1-11H3,(H,30,34)(H,31,36). The molecular weight excluding hydrogens is 486 g/mol. The average Bonchev–Trinajstić information content (AvgIpc) is 2.73. The van der Waals surface area contributed by atoms with E-state index < -0.39 is 47.1 Å². The van der Waals surface area contributed by atoms with Gasteiger partial charge in [-0.1, -0.05) is 37.6 Å². The molecule has 0 radical (unpaired) electrons. The van der Waals surface area contributed by atoms with Crippen molar-refractivity contribution in [1.82, 2.24) is 15.5 Å². The Labute approximate surface area is 228 Å². The lowest BCUT2D eigenvalue weighted by Crippen LogP contribution is -2.60. The molecule has 1 aromatic carbocycles. The van der Waals surface area contributed by atoms with Gasteiger partial charge in [0.1, 0.15) is 17.7 Å². The summed E-state index contributed by atoms with van der Waals surface area (Å²) in [5.74, 6) is -1.54. The van der Waals surface area contributed by atoms with E-state index in [2.05, 4.69) is 10.6 Å². The zero-order chi connectivity index (χ0) is 29.4. The summed E-state index contributed by atoms with van der Waals surface area (Å²) < 4.78 is 10.4. The summed E-state index contributed by atoms with van der Waals surface area (Å²) in [5.41, 5.74) is 0.984. The van der Waals surface area contributed by atoms with Crippen molar-refractivity contribution in [2.45, 2.75) is 106 Å². The quantitative estimate of drug-likeness (QED) is 0.425. The number of nitrogens with one attached hydrogen (secondary N) is 2. The van der Waals surface area contributed by atoms with Crippen LogP contribution in [0, 0.1) is 19.8 Å². The SMILES string of the molecule is CCOC(=O)CCNC(=O)C(c1ccc(C)cc1C)N(C(=O)C(NC(=O)OC(C)(C)C)C(C)C)C(C)(C)C. The number of ether oxygens (including phenoxy) is 2. The van der Waals surface area contributed by atoms with E-state index in [4.69, 9.17) is 9.47 Å². The van der Waals surface area contributed by atoms with Crippen LogP contribution in [-0.2, 0) is 23.9 Å². The number of amides is 3. The molecule has 2 atom stereocenters. The summed E-state index contributed by atoms with van der Waals surface area (Å²) in [4.78, 5) is 53.9. The number of esters is 1. The van der Waals surface area contributed by atoms with Gasteiger partial charge in [-0.15, -0.1) is 0 Å². The maximum absolute atomic E-state index is 14.2. The summed E-state index contributed by atoms with van der Waals surface area (Å²) in [7, 11) is 0. The van der Waals surface area contributed by atoms with E-state index >= 15 is 0 Å². The van der Waals surface area contributed by atoms with Crippen LogP contribution in [0.1, 0.15) is 91.5 Å². The van der Waals surface area contributed by atoms with E-state index in [-0.39, 0.29) is 25.5 Å². The fourth-order valence-corrected chi connectivity index (χ4v) is 4.09. The molecule has 0 bridgehead atoms. The van der Waals surface area contributed by atoms with E-state index in [0.717, 1.165) is 11.1 Å². The van der Waals surface area contributed by atoms with Crippen LogP contribution in [0.25, 0.3) is 0 Å². The lowest BCUT2D eigenvalue weighted by atomic mass is 9.91. The van der Waals surface area contributed by atoms with E-state index in [0.29, 0.717) is 5.56 Å². The second kappa shape index (κ2) is 13.6. The number of hydrogen-bond acceptors (Lipinski definition) is 6. The molecule has 1 aromatic rings. The Bertz CT molecular complexity index is 991. The van der Waals surface area contributed by atoms with Gasteiger partial charge in [0.05, 0.1) is 13.0 Å². The minimum Gasteiger partial charge on any atom is -0.466 e. The summed E-state index contributed by atoms with van der Waals surface area (Å²) in [6, 6.07) is 3.75. The van der Waals surface area contributed by atoms with Crippen LogP contribution in [0.3, 0.4) is 0 Å². The van der Waals surface area contributed by atoms with Gasteiger partial charge in [0.2, 0.25) is 11.8 Å². The number of benzene rings is 1. The van der Waals surface area contributed by atoms with Gasteiger partial charge in [0.25, 0.3) is 0 Å². The molecule has 9 nitrogen and oxygen atoms in total. The number of alkyl carbamates (subject to hydrolysis) is 1. The third kappa shape index (κ3) is 9.99. The molecule has 38 heavy (non-hydrogen) atoms. The van der Waals surface area contributed by atoms with Gasteiger partial charge in [0.15, 0.2) is 0 Å². The van der Waals surface area contributed by atoms with Crippen molar-refractivity contribution < 1.29 is 28.7 Å². The van der Waals surface area contributed by atoms with Crippen molar-refractivity contribution in [2.75, 3.05) is 13.2 Å². The largest absolute Gasteiger partial charge is 0.466 e. The van der Waals surface area contributed by atoms with Gasteiger partial charge in [0, 0.05) is 12.1 Å². The molecule has 0 aliphatic heterocycles. The Balaban J connectivity index is 3.53. The van der Waals surface area contributed by atoms with Crippen LogP contribution in [-0.4, -0.2) is 59.1 Å². The Hall–Kier alpha value is -3.10. The Kier molecular flexibility index (Phi) is 11.8. The van der Waals surface area contributed by atoms with Crippen molar-refractivity contribution >= 4 is 23.9 Å². The highest BCUT2D eigenvalue weighted by molar-refractivity contribution is 5.93. The number of rotatable bonds is 10. The molecule has 0 fully saturated rings. The first-order valence-corrected chi connectivity index (χ1v) is 13.2. The molecule has 0 saturated carbocycles. The molecule has 9 heteroatoms. The molecule has 0 saturated heterocycles. The second-order valence-electron chi connectivity index (χ2n) is 11.9. The predicted molar refractivity (Wildman–Crippen MR) is 148 cm³/mol. The van der Waals surface area contributed by atoms with Crippen molar-refractivity contribution in [1.29, 1.82) is 0 Å². The number of aryl methyl sites for hydroxylation is 2. The van der Waals surface area contributed by atoms with Crippen molar-refractivity contribution in [3.63, 3.8) is 0 Å². The normalized spacial score (nSPS) is 13.4. The van der Waals surface area contributed by atoms with Crippen LogP contribution in [0.5, 0.6) is 0 Å². The second-order valence-corrected chi connectivity index (χ2v) is 11.9. The van der Waals surface area contributed by atoms with Crippen LogP contribution in [0.2, 0.25) is 0 Å². The number of carbonyl (C=O) groups excluding carboxylic acids is 4. The Morgan fingerprint density at radius 2 is 1.61 bits per heavy atom. The molecule has 2 unspecified atom stereocenters. The Morgan fingerprint density at radius 1 is 1.00 bits per heavy atom. The topological polar surface area (TPSA) is 114 Å². The van der Waals surface area contributed by atoms with Gasteiger partial charge in [-0.25, -0.2) is 4.79 Å². The molecular formula is C29H47N3O6. The third-order valence-corrected chi connectivity index (χ3v) is 5.73. The minimum atomic E-state index is -1.01. The van der Waals surface area contributed by atoms with E-state index in [9.17, 15) is 19.2 Å². The Morgan fingerprint density at radius 3 is 2.08 bits per heavy atom. The maximum atomic E-state index is 14.2. The monoisotopic (exact) mass is 533 g/mol. The highest BCUT2D eigenvalue weighted by atomic mass is 16.6. The smallest absolute Gasteiger partial charge is 0.408 e. The van der Waals surface area contributed by atoms with Crippen LogP contribution in [0.4, 0.5) is 4.79 Å². The van der Waals surface area contributed by atoms with Gasteiger partial charge >= 0.3 is 12.1 Å². The molecule has 0 aliphatic carbocycles. The molecule has 1 rings (SSSR count). The zero-order valence-electron chi connectivity index (χ0n) is 25.0.